The Hall–Kier alpha value is -0.0900. The molecular formula is C10H13Cl2NOS. The molecule has 0 unspecified atom stereocenters. The molecule has 0 saturated heterocycles. The summed E-state index contributed by atoms with van der Waals surface area (Å²) in [6.45, 7) is 0.990. The topological polar surface area (TPSA) is 35.2 Å². The third-order valence-corrected chi connectivity index (χ3v) is 2.91. The molecule has 0 aliphatic rings. The summed E-state index contributed by atoms with van der Waals surface area (Å²) in [4.78, 5) is 0. The van der Waals surface area contributed by atoms with E-state index >= 15 is 0 Å². The highest BCUT2D eigenvalue weighted by Crippen LogP contribution is 2.32. The molecule has 0 bridgehead atoms. The first-order valence-corrected chi connectivity index (χ1v) is 6.63. The molecule has 0 aliphatic carbocycles. The van der Waals surface area contributed by atoms with Crippen LogP contribution in [0.3, 0.4) is 0 Å². The van der Waals surface area contributed by atoms with Crippen LogP contribution in [0.5, 0.6) is 5.75 Å². The number of hydrogen-bond acceptors (Lipinski definition) is 3. The molecule has 2 N–H and O–H groups in total. The van der Waals surface area contributed by atoms with E-state index in [1.807, 2.05) is 6.26 Å². The summed E-state index contributed by atoms with van der Waals surface area (Å²) in [6.07, 6.45) is 2.02. The van der Waals surface area contributed by atoms with E-state index in [0.29, 0.717) is 28.9 Å². The standard InChI is InChI=1S/C10H13Cl2NOS/c1-15-3-2-14-10-7(6-13)4-8(11)5-9(10)12/h4-5H,2-3,6,13H2,1H3. The summed E-state index contributed by atoms with van der Waals surface area (Å²) in [5.74, 6) is 1.57. The van der Waals surface area contributed by atoms with Gasteiger partial charge in [0, 0.05) is 22.9 Å². The van der Waals surface area contributed by atoms with E-state index in [1.165, 1.54) is 0 Å². The van der Waals surface area contributed by atoms with Gasteiger partial charge in [-0.2, -0.15) is 11.8 Å². The van der Waals surface area contributed by atoms with Gasteiger partial charge in [0.25, 0.3) is 0 Å². The van der Waals surface area contributed by atoms with E-state index in [0.717, 1.165) is 11.3 Å². The van der Waals surface area contributed by atoms with Crippen LogP contribution in [-0.4, -0.2) is 18.6 Å². The number of nitrogens with two attached hydrogens (primary N) is 1. The second-order valence-electron chi connectivity index (χ2n) is 2.92. The van der Waals surface area contributed by atoms with Gasteiger partial charge in [-0.25, -0.2) is 0 Å². The number of thioether (sulfide) groups is 1. The molecule has 0 fully saturated rings. The van der Waals surface area contributed by atoms with Gasteiger partial charge in [-0.05, 0) is 18.4 Å². The molecular weight excluding hydrogens is 253 g/mol. The summed E-state index contributed by atoms with van der Waals surface area (Å²) in [7, 11) is 0. The van der Waals surface area contributed by atoms with E-state index in [2.05, 4.69) is 0 Å². The number of benzene rings is 1. The van der Waals surface area contributed by atoms with Gasteiger partial charge >= 0.3 is 0 Å². The molecule has 84 valence electrons. The first-order chi connectivity index (χ1) is 7.19. The molecule has 15 heavy (non-hydrogen) atoms. The molecule has 0 heterocycles. The third-order valence-electron chi connectivity index (χ3n) is 1.84. The van der Waals surface area contributed by atoms with Crippen LogP contribution < -0.4 is 10.5 Å². The van der Waals surface area contributed by atoms with Crippen molar-refractivity contribution in [2.24, 2.45) is 5.73 Å². The van der Waals surface area contributed by atoms with Gasteiger partial charge in [-0.1, -0.05) is 23.2 Å². The largest absolute Gasteiger partial charge is 0.491 e. The lowest BCUT2D eigenvalue weighted by Crippen LogP contribution is -2.05. The van der Waals surface area contributed by atoms with E-state index in [9.17, 15) is 0 Å². The molecule has 0 radical (unpaired) electrons. The van der Waals surface area contributed by atoms with Crippen molar-refractivity contribution >= 4 is 35.0 Å². The maximum atomic E-state index is 6.02. The zero-order chi connectivity index (χ0) is 11.3. The predicted octanol–water partition coefficient (Wildman–Crippen LogP) is 3.19. The lowest BCUT2D eigenvalue weighted by Gasteiger charge is -2.12. The normalized spacial score (nSPS) is 10.4. The minimum atomic E-state index is 0.370. The molecule has 1 rings (SSSR count). The smallest absolute Gasteiger partial charge is 0.142 e. The Labute approximate surface area is 104 Å². The van der Waals surface area contributed by atoms with Gasteiger partial charge in [0.1, 0.15) is 5.75 Å². The summed E-state index contributed by atoms with van der Waals surface area (Å²) >= 11 is 13.6. The van der Waals surface area contributed by atoms with Crippen molar-refractivity contribution in [2.45, 2.75) is 6.54 Å². The molecule has 0 amide bonds. The third kappa shape index (κ3) is 3.76. The van der Waals surface area contributed by atoms with Crippen LogP contribution in [0.15, 0.2) is 12.1 Å². The zero-order valence-corrected chi connectivity index (χ0v) is 10.8. The van der Waals surface area contributed by atoms with Gasteiger partial charge in [0.05, 0.1) is 11.6 Å². The van der Waals surface area contributed by atoms with Gasteiger partial charge in [-0.3, -0.25) is 0 Å². The van der Waals surface area contributed by atoms with Crippen molar-refractivity contribution in [1.29, 1.82) is 0 Å². The van der Waals surface area contributed by atoms with Crippen LogP contribution in [0.2, 0.25) is 10.0 Å². The van der Waals surface area contributed by atoms with Gasteiger partial charge < -0.3 is 10.5 Å². The Morgan fingerprint density at radius 2 is 2.13 bits per heavy atom. The fourth-order valence-corrected chi connectivity index (χ4v) is 1.99. The molecule has 0 aliphatic heterocycles. The number of ether oxygens (including phenoxy) is 1. The van der Waals surface area contributed by atoms with Crippen molar-refractivity contribution in [2.75, 3.05) is 18.6 Å². The molecule has 0 aromatic heterocycles. The molecule has 1 aromatic rings. The second kappa shape index (κ2) is 6.48. The minimum Gasteiger partial charge on any atom is -0.491 e. The Morgan fingerprint density at radius 3 is 2.73 bits per heavy atom. The first kappa shape index (κ1) is 13.0. The highest BCUT2D eigenvalue weighted by Gasteiger charge is 2.09. The minimum absolute atomic E-state index is 0.370. The Morgan fingerprint density at radius 1 is 1.40 bits per heavy atom. The van der Waals surface area contributed by atoms with Crippen LogP contribution in [-0.2, 0) is 6.54 Å². The molecule has 0 atom stereocenters. The van der Waals surface area contributed by atoms with Crippen molar-refractivity contribution in [3.05, 3.63) is 27.7 Å². The average Bonchev–Trinajstić information content (AvgIpc) is 2.20. The first-order valence-electron chi connectivity index (χ1n) is 4.48. The summed E-state index contributed by atoms with van der Waals surface area (Å²) in [5.41, 5.74) is 6.43. The van der Waals surface area contributed by atoms with Gasteiger partial charge in [-0.15, -0.1) is 0 Å². The van der Waals surface area contributed by atoms with Crippen molar-refractivity contribution < 1.29 is 4.74 Å². The molecule has 0 saturated carbocycles. The lowest BCUT2D eigenvalue weighted by molar-refractivity contribution is 0.340. The van der Waals surface area contributed by atoms with E-state index in [4.69, 9.17) is 33.7 Å². The van der Waals surface area contributed by atoms with Crippen molar-refractivity contribution in [3.8, 4) is 5.75 Å². The van der Waals surface area contributed by atoms with Crippen LogP contribution in [0, 0.1) is 0 Å². The summed E-state index contributed by atoms with van der Waals surface area (Å²) < 4.78 is 5.56. The number of hydrogen-bond donors (Lipinski definition) is 1. The Balaban J connectivity index is 2.84. The molecule has 5 heteroatoms. The molecule has 0 spiro atoms. The Kier molecular flexibility index (Phi) is 5.61. The van der Waals surface area contributed by atoms with Crippen LogP contribution in [0.25, 0.3) is 0 Å². The molecule has 1 aromatic carbocycles. The fraction of sp³-hybridized carbons (Fsp3) is 0.400. The average molecular weight is 266 g/mol. The summed E-state index contributed by atoms with van der Waals surface area (Å²) in [6, 6.07) is 3.44. The Bertz CT molecular complexity index is 333. The predicted molar refractivity (Wildman–Crippen MR) is 68.2 cm³/mol. The van der Waals surface area contributed by atoms with Crippen molar-refractivity contribution in [1.82, 2.24) is 0 Å². The van der Waals surface area contributed by atoms with Crippen LogP contribution >= 0.6 is 35.0 Å². The van der Waals surface area contributed by atoms with E-state index in [1.54, 1.807) is 23.9 Å². The van der Waals surface area contributed by atoms with Gasteiger partial charge in [0.15, 0.2) is 0 Å². The SMILES string of the molecule is CSCCOc1c(Cl)cc(Cl)cc1CN. The van der Waals surface area contributed by atoms with Crippen LogP contribution in [0.4, 0.5) is 0 Å². The quantitative estimate of drug-likeness (QED) is 0.831. The summed E-state index contributed by atoms with van der Waals surface area (Å²) in [5, 5.41) is 1.10. The highest BCUT2D eigenvalue weighted by molar-refractivity contribution is 7.98. The zero-order valence-electron chi connectivity index (χ0n) is 8.43. The lowest BCUT2D eigenvalue weighted by atomic mass is 10.2. The maximum absolute atomic E-state index is 6.02. The fourth-order valence-electron chi connectivity index (χ4n) is 1.15. The van der Waals surface area contributed by atoms with Crippen molar-refractivity contribution in [3.63, 3.8) is 0 Å². The van der Waals surface area contributed by atoms with Crippen LogP contribution in [0.1, 0.15) is 5.56 Å². The molecule has 2 nitrogen and oxygen atoms in total. The van der Waals surface area contributed by atoms with E-state index in [-0.39, 0.29) is 0 Å². The second-order valence-corrected chi connectivity index (χ2v) is 4.75. The number of halogens is 2. The number of rotatable bonds is 5. The highest BCUT2D eigenvalue weighted by atomic mass is 35.5. The monoisotopic (exact) mass is 265 g/mol. The maximum Gasteiger partial charge on any atom is 0.142 e. The van der Waals surface area contributed by atoms with E-state index < -0.39 is 0 Å². The van der Waals surface area contributed by atoms with Gasteiger partial charge in [0.2, 0.25) is 0 Å².